The van der Waals surface area contributed by atoms with Crippen molar-refractivity contribution in [1.29, 1.82) is 0 Å². The van der Waals surface area contributed by atoms with E-state index in [2.05, 4.69) is 4.21 Å². The molecule has 0 aliphatic carbocycles. The maximum Gasteiger partial charge on any atom is 0.369 e. The van der Waals surface area contributed by atoms with Gasteiger partial charge in [-0.25, -0.2) is 0 Å². The number of halogens is 2. The van der Waals surface area contributed by atoms with Gasteiger partial charge in [0.15, 0.2) is 10.5 Å². The lowest BCUT2D eigenvalue weighted by Crippen LogP contribution is -1.63. The molecule has 0 unspecified atom stereocenters. The Morgan fingerprint density at radius 3 is 1.83 bits per heavy atom. The van der Waals surface area contributed by atoms with Crippen molar-refractivity contribution in [3.8, 4) is 0 Å². The van der Waals surface area contributed by atoms with Crippen LogP contribution in [-0.2, 0) is 8.78 Å². The molecule has 0 aliphatic heterocycles. The molecule has 0 saturated heterocycles. The van der Waals surface area contributed by atoms with Crippen LogP contribution >= 0.6 is 28.6 Å². The van der Waals surface area contributed by atoms with Crippen LogP contribution in [0.3, 0.4) is 0 Å². The van der Waals surface area contributed by atoms with Crippen molar-refractivity contribution >= 4 is 39.0 Å². The van der Waals surface area contributed by atoms with E-state index in [1.165, 1.54) is 0 Å². The average molecular weight is 165 g/mol. The van der Waals surface area contributed by atoms with Crippen LogP contribution in [0, 0.1) is 0 Å². The quantitative estimate of drug-likeness (QED) is 0.425. The van der Waals surface area contributed by atoms with E-state index in [1.54, 1.807) is 0 Å². The highest BCUT2D eigenvalue weighted by atomic mass is 35.9. The SMILES string of the molecule is O=P(Cl)(Cl)O[SiH3]. The fourth-order valence-corrected chi connectivity index (χ4v) is 0. The molecule has 0 aromatic heterocycles. The van der Waals surface area contributed by atoms with Gasteiger partial charge in [0.1, 0.15) is 0 Å². The molecule has 0 bridgehead atoms. The Hall–Kier alpha value is 0.987. The third kappa shape index (κ3) is 4.99. The van der Waals surface area contributed by atoms with Crippen molar-refractivity contribution in [2.45, 2.75) is 0 Å². The van der Waals surface area contributed by atoms with Gasteiger partial charge >= 0.3 is 6.07 Å². The van der Waals surface area contributed by atoms with Gasteiger partial charge < -0.3 is 4.21 Å². The zero-order valence-corrected chi connectivity index (χ0v) is 7.43. The molecule has 0 aliphatic rings. The summed E-state index contributed by atoms with van der Waals surface area (Å²) in [6.07, 6.45) is -3.14. The van der Waals surface area contributed by atoms with Crippen LogP contribution in [-0.4, -0.2) is 10.5 Å². The molecule has 2 nitrogen and oxygen atoms in total. The van der Waals surface area contributed by atoms with Crippen LogP contribution in [0.4, 0.5) is 0 Å². The molecule has 0 atom stereocenters. The largest absolute Gasteiger partial charge is 0.369 e. The number of rotatable bonds is 1. The van der Waals surface area contributed by atoms with Gasteiger partial charge in [0.2, 0.25) is 0 Å². The third-order valence-corrected chi connectivity index (χ3v) is 4.40. The van der Waals surface area contributed by atoms with E-state index in [-0.39, 0.29) is 0 Å². The van der Waals surface area contributed by atoms with Gasteiger partial charge in [0, 0.05) is 0 Å². The summed E-state index contributed by atoms with van der Waals surface area (Å²) in [7, 11) is 0.321. The molecular formula is H3Cl2O2PSi. The first-order valence-electron chi connectivity index (χ1n) is 1.11. The van der Waals surface area contributed by atoms with Gasteiger partial charge in [-0.15, -0.1) is 0 Å². The molecule has 0 spiro atoms. The minimum atomic E-state index is -3.14. The van der Waals surface area contributed by atoms with E-state index >= 15 is 0 Å². The molecule has 0 fully saturated rings. The lowest BCUT2D eigenvalue weighted by Gasteiger charge is -1.91. The Bertz CT molecular complexity index is 75.6. The first-order chi connectivity index (χ1) is 2.56. The fourth-order valence-electron chi connectivity index (χ4n) is 0. The highest BCUT2D eigenvalue weighted by Crippen LogP contribution is 2.56. The molecule has 6 heavy (non-hydrogen) atoms. The summed E-state index contributed by atoms with van der Waals surface area (Å²) in [5.74, 6) is 0. The first kappa shape index (κ1) is 6.99. The first-order valence-corrected chi connectivity index (χ1v) is 5.36. The summed E-state index contributed by atoms with van der Waals surface area (Å²) < 4.78 is 14.1. The van der Waals surface area contributed by atoms with E-state index in [0.29, 0.717) is 10.5 Å². The van der Waals surface area contributed by atoms with Crippen LogP contribution in [0.15, 0.2) is 0 Å². The summed E-state index contributed by atoms with van der Waals surface area (Å²) in [6.45, 7) is 0. The van der Waals surface area contributed by atoms with Crippen LogP contribution in [0.1, 0.15) is 0 Å². The Morgan fingerprint density at radius 1 is 1.67 bits per heavy atom. The second kappa shape index (κ2) is 2.33. The predicted octanol–water partition coefficient (Wildman–Crippen LogP) is 0.869. The lowest BCUT2D eigenvalue weighted by atomic mass is 15.8. The van der Waals surface area contributed by atoms with Crippen LogP contribution in [0.5, 0.6) is 0 Å². The van der Waals surface area contributed by atoms with Gasteiger partial charge in [-0.2, -0.15) is 0 Å². The van der Waals surface area contributed by atoms with Gasteiger partial charge in [-0.05, 0) is 22.5 Å². The minimum Gasteiger partial charge on any atom is -0.360 e. The van der Waals surface area contributed by atoms with Gasteiger partial charge in [0.05, 0.1) is 0 Å². The van der Waals surface area contributed by atoms with Crippen LogP contribution in [0.25, 0.3) is 0 Å². The fraction of sp³-hybridized carbons (Fsp3) is 0. The van der Waals surface area contributed by atoms with Crippen LogP contribution < -0.4 is 0 Å². The zero-order valence-electron chi connectivity index (χ0n) is 3.02. The predicted molar refractivity (Wildman–Crippen MR) is 30.3 cm³/mol. The van der Waals surface area contributed by atoms with Crippen molar-refractivity contribution in [3.63, 3.8) is 0 Å². The lowest BCUT2D eigenvalue weighted by molar-refractivity contribution is 0.533. The van der Waals surface area contributed by atoms with Gasteiger partial charge in [-0.3, -0.25) is 4.57 Å². The average Bonchev–Trinajstić information content (AvgIpc) is 1.35. The van der Waals surface area contributed by atoms with Crippen molar-refractivity contribution in [1.82, 2.24) is 0 Å². The standard InChI is InChI=1S/Cl2H3O2PSi/c1-5(2,3)4-6/h6H3. The van der Waals surface area contributed by atoms with Crippen molar-refractivity contribution in [2.75, 3.05) is 0 Å². The molecule has 6 heteroatoms. The summed E-state index contributed by atoms with van der Waals surface area (Å²) in [5.41, 5.74) is 0. The Labute approximate surface area is 48.3 Å². The molecule has 0 radical (unpaired) electrons. The smallest absolute Gasteiger partial charge is 0.360 e. The second-order valence-electron chi connectivity index (χ2n) is 0.597. The van der Waals surface area contributed by atoms with E-state index in [9.17, 15) is 4.57 Å². The molecule has 0 amide bonds. The van der Waals surface area contributed by atoms with Crippen molar-refractivity contribution < 1.29 is 8.78 Å². The Balaban J connectivity index is 3.48. The van der Waals surface area contributed by atoms with E-state index in [4.69, 9.17) is 22.5 Å². The zero-order chi connectivity index (χ0) is 5.21. The highest BCUT2D eigenvalue weighted by Gasteiger charge is 2.07. The summed E-state index contributed by atoms with van der Waals surface area (Å²) >= 11 is 9.70. The molecule has 0 heterocycles. The van der Waals surface area contributed by atoms with Crippen molar-refractivity contribution in [3.05, 3.63) is 0 Å². The third-order valence-electron chi connectivity index (χ3n) is 0.213. The van der Waals surface area contributed by atoms with E-state index in [1.807, 2.05) is 0 Å². The number of hydrogen-bond donors (Lipinski definition) is 0. The molecule has 0 aromatic carbocycles. The molecule has 0 rings (SSSR count). The van der Waals surface area contributed by atoms with E-state index in [0.717, 1.165) is 0 Å². The highest BCUT2D eigenvalue weighted by molar-refractivity contribution is 8.05. The second-order valence-corrected chi connectivity index (χ2v) is 6.08. The maximum atomic E-state index is 9.93. The Morgan fingerprint density at radius 2 is 1.83 bits per heavy atom. The van der Waals surface area contributed by atoms with Crippen molar-refractivity contribution in [2.24, 2.45) is 0 Å². The summed E-state index contributed by atoms with van der Waals surface area (Å²) in [5, 5.41) is 0. The molecule has 0 saturated carbocycles. The van der Waals surface area contributed by atoms with E-state index < -0.39 is 6.07 Å². The molecule has 38 valence electrons. The minimum absolute atomic E-state index is 0.321. The monoisotopic (exact) mass is 164 g/mol. The van der Waals surface area contributed by atoms with Gasteiger partial charge in [0.25, 0.3) is 0 Å². The molecule has 0 aromatic rings. The summed E-state index contributed by atoms with van der Waals surface area (Å²) in [4.78, 5) is 0. The van der Waals surface area contributed by atoms with Crippen LogP contribution in [0.2, 0.25) is 0 Å². The Kier molecular flexibility index (Phi) is 2.72. The molecular weight excluding hydrogens is 162 g/mol. The summed E-state index contributed by atoms with van der Waals surface area (Å²) in [6, 6.07) is 0. The maximum absolute atomic E-state index is 9.93. The molecule has 0 N–H and O–H groups in total. The topological polar surface area (TPSA) is 26.3 Å². The van der Waals surface area contributed by atoms with Gasteiger partial charge in [-0.1, -0.05) is 0 Å². The number of hydrogen-bond acceptors (Lipinski definition) is 2. The normalized spacial score (nSPS) is 12.3.